The maximum absolute atomic E-state index is 11.9. The molecule has 0 aliphatic heterocycles. The number of benzene rings is 1. The molecule has 2 N–H and O–H groups in total. The van der Waals surface area contributed by atoms with Crippen LogP contribution in [0.4, 0.5) is 18.9 Å². The lowest BCUT2D eigenvalue weighted by Gasteiger charge is -2.08. The highest BCUT2D eigenvalue weighted by molar-refractivity contribution is 5.91. The van der Waals surface area contributed by atoms with Crippen molar-refractivity contribution in [2.24, 2.45) is 0 Å². The minimum absolute atomic E-state index is 0.184. The second kappa shape index (κ2) is 5.52. The maximum atomic E-state index is 11.9. The summed E-state index contributed by atoms with van der Waals surface area (Å²) >= 11 is 0. The molecule has 98 valence electrons. The van der Waals surface area contributed by atoms with E-state index in [1.54, 1.807) is 0 Å². The third-order valence-electron chi connectivity index (χ3n) is 1.95. The Morgan fingerprint density at radius 2 is 1.72 bits per heavy atom. The highest BCUT2D eigenvalue weighted by atomic mass is 19.4. The molecule has 1 rings (SSSR count). The number of anilines is 1. The monoisotopic (exact) mass is 261 g/mol. The van der Waals surface area contributed by atoms with Gasteiger partial charge in [0.1, 0.15) is 6.42 Å². The Kier molecular flexibility index (Phi) is 4.30. The quantitative estimate of drug-likeness (QED) is 0.873. The van der Waals surface area contributed by atoms with E-state index in [2.05, 4.69) is 5.32 Å². The second-order valence-corrected chi connectivity index (χ2v) is 3.61. The molecule has 0 spiro atoms. The van der Waals surface area contributed by atoms with Crippen molar-refractivity contribution in [3.05, 3.63) is 29.8 Å². The normalized spacial score (nSPS) is 11.1. The predicted molar refractivity (Wildman–Crippen MR) is 57.1 cm³/mol. The highest BCUT2D eigenvalue weighted by Gasteiger charge is 2.31. The molecule has 0 unspecified atom stereocenters. The van der Waals surface area contributed by atoms with Gasteiger partial charge in [-0.2, -0.15) is 13.2 Å². The van der Waals surface area contributed by atoms with Crippen molar-refractivity contribution in [2.45, 2.75) is 19.0 Å². The summed E-state index contributed by atoms with van der Waals surface area (Å²) in [5.41, 5.74) is 0.690. The Bertz CT molecular complexity index is 440. The fraction of sp³-hybridized carbons (Fsp3) is 0.273. The summed E-state index contributed by atoms with van der Waals surface area (Å²) < 4.78 is 35.7. The van der Waals surface area contributed by atoms with Crippen LogP contribution in [0.15, 0.2) is 24.3 Å². The second-order valence-electron chi connectivity index (χ2n) is 3.61. The number of aliphatic carboxylic acids is 1. The molecule has 0 aliphatic carbocycles. The van der Waals surface area contributed by atoms with Gasteiger partial charge in [0, 0.05) is 5.69 Å². The SMILES string of the molecule is O=C(O)Cc1ccc(NC(=O)CC(F)(F)F)cc1. The molecule has 1 aromatic rings. The standard InChI is InChI=1S/C11H10F3NO3/c12-11(13,14)6-9(16)15-8-3-1-7(2-4-8)5-10(17)18/h1-4H,5-6H2,(H,15,16)(H,17,18). The Morgan fingerprint density at radius 1 is 1.17 bits per heavy atom. The topological polar surface area (TPSA) is 66.4 Å². The maximum Gasteiger partial charge on any atom is 0.397 e. The van der Waals surface area contributed by atoms with E-state index in [0.717, 1.165) is 0 Å². The zero-order valence-corrected chi connectivity index (χ0v) is 9.12. The van der Waals surface area contributed by atoms with E-state index in [-0.39, 0.29) is 12.1 Å². The van der Waals surface area contributed by atoms with E-state index in [1.807, 2.05) is 0 Å². The molecule has 0 aliphatic rings. The number of nitrogens with one attached hydrogen (secondary N) is 1. The zero-order valence-electron chi connectivity index (χ0n) is 9.12. The molecule has 0 saturated carbocycles. The lowest BCUT2D eigenvalue weighted by molar-refractivity contribution is -0.150. The van der Waals surface area contributed by atoms with Crippen LogP contribution in [0.25, 0.3) is 0 Å². The van der Waals surface area contributed by atoms with Crippen LogP contribution in [0.3, 0.4) is 0 Å². The van der Waals surface area contributed by atoms with Gasteiger partial charge in [0.05, 0.1) is 6.42 Å². The summed E-state index contributed by atoms with van der Waals surface area (Å²) in [6.45, 7) is 0. The van der Waals surface area contributed by atoms with Crippen LogP contribution in [0, 0.1) is 0 Å². The largest absolute Gasteiger partial charge is 0.481 e. The summed E-state index contributed by atoms with van der Waals surface area (Å²) in [7, 11) is 0. The summed E-state index contributed by atoms with van der Waals surface area (Å²) in [4.78, 5) is 21.4. The molecule has 0 saturated heterocycles. The summed E-state index contributed by atoms with van der Waals surface area (Å²) in [5.74, 6) is -2.17. The first-order valence-electron chi connectivity index (χ1n) is 4.93. The molecule has 0 fully saturated rings. The van der Waals surface area contributed by atoms with E-state index in [1.165, 1.54) is 24.3 Å². The molecule has 1 amide bonds. The van der Waals surface area contributed by atoms with Gasteiger partial charge in [0.2, 0.25) is 5.91 Å². The van der Waals surface area contributed by atoms with E-state index in [0.29, 0.717) is 5.56 Å². The Hall–Kier alpha value is -2.05. The summed E-state index contributed by atoms with van der Waals surface area (Å²) in [5, 5.41) is 10.6. The van der Waals surface area contributed by atoms with E-state index in [4.69, 9.17) is 5.11 Å². The number of amides is 1. The van der Waals surface area contributed by atoms with Crippen LogP contribution in [0.5, 0.6) is 0 Å². The number of alkyl halides is 3. The zero-order chi connectivity index (χ0) is 13.8. The summed E-state index contributed by atoms with van der Waals surface area (Å²) in [6.07, 6.45) is -6.28. The van der Waals surface area contributed by atoms with Crippen LogP contribution < -0.4 is 5.32 Å². The van der Waals surface area contributed by atoms with Gasteiger partial charge in [-0.05, 0) is 17.7 Å². The molecule has 4 nitrogen and oxygen atoms in total. The third-order valence-corrected chi connectivity index (χ3v) is 1.95. The smallest absolute Gasteiger partial charge is 0.397 e. The number of hydrogen-bond acceptors (Lipinski definition) is 2. The molecule has 0 heterocycles. The first-order chi connectivity index (χ1) is 8.26. The first-order valence-corrected chi connectivity index (χ1v) is 4.93. The van der Waals surface area contributed by atoms with Gasteiger partial charge in [-0.15, -0.1) is 0 Å². The Balaban J connectivity index is 2.58. The summed E-state index contributed by atoms with van der Waals surface area (Å²) in [6, 6.07) is 5.56. The van der Waals surface area contributed by atoms with Crippen LogP contribution in [0.2, 0.25) is 0 Å². The number of halogens is 3. The predicted octanol–water partition coefficient (Wildman–Crippen LogP) is 2.20. The van der Waals surface area contributed by atoms with Gasteiger partial charge in [0.25, 0.3) is 0 Å². The van der Waals surface area contributed by atoms with E-state index >= 15 is 0 Å². The van der Waals surface area contributed by atoms with Gasteiger partial charge in [0.15, 0.2) is 0 Å². The van der Waals surface area contributed by atoms with Crippen molar-refractivity contribution in [3.8, 4) is 0 Å². The Morgan fingerprint density at radius 3 is 2.17 bits per heavy atom. The minimum Gasteiger partial charge on any atom is -0.481 e. The Labute approximate surface area is 100 Å². The van der Waals surface area contributed by atoms with E-state index < -0.39 is 24.5 Å². The molecule has 0 radical (unpaired) electrons. The number of hydrogen-bond donors (Lipinski definition) is 2. The van der Waals surface area contributed by atoms with Crippen molar-refractivity contribution >= 4 is 17.6 Å². The van der Waals surface area contributed by atoms with Crippen molar-refractivity contribution in [1.82, 2.24) is 0 Å². The minimum atomic E-state index is -4.55. The van der Waals surface area contributed by atoms with Crippen molar-refractivity contribution < 1.29 is 27.9 Å². The van der Waals surface area contributed by atoms with Gasteiger partial charge in [-0.3, -0.25) is 9.59 Å². The van der Waals surface area contributed by atoms with Crippen LogP contribution in [-0.4, -0.2) is 23.2 Å². The molecule has 0 aromatic heterocycles. The molecular formula is C11H10F3NO3. The molecule has 0 bridgehead atoms. The van der Waals surface area contributed by atoms with Crippen LogP contribution in [-0.2, 0) is 16.0 Å². The number of carboxylic acids is 1. The third kappa shape index (κ3) is 5.33. The van der Waals surface area contributed by atoms with Gasteiger partial charge >= 0.3 is 12.1 Å². The molecule has 1 aromatic carbocycles. The van der Waals surface area contributed by atoms with Crippen molar-refractivity contribution in [2.75, 3.05) is 5.32 Å². The molecule has 0 atom stereocenters. The average molecular weight is 261 g/mol. The van der Waals surface area contributed by atoms with Crippen LogP contribution in [0.1, 0.15) is 12.0 Å². The number of carbonyl (C=O) groups excluding carboxylic acids is 1. The molecule has 7 heteroatoms. The number of carbonyl (C=O) groups is 2. The van der Waals surface area contributed by atoms with E-state index in [9.17, 15) is 22.8 Å². The molecule has 18 heavy (non-hydrogen) atoms. The first kappa shape index (κ1) is 14.0. The van der Waals surface area contributed by atoms with Crippen LogP contribution >= 0.6 is 0 Å². The fourth-order valence-corrected chi connectivity index (χ4v) is 1.27. The number of carboxylic acid groups (broad SMARTS) is 1. The fourth-order valence-electron chi connectivity index (χ4n) is 1.27. The van der Waals surface area contributed by atoms with Gasteiger partial charge in [-0.1, -0.05) is 12.1 Å². The average Bonchev–Trinajstić information content (AvgIpc) is 2.17. The lowest BCUT2D eigenvalue weighted by Crippen LogP contribution is -2.21. The highest BCUT2D eigenvalue weighted by Crippen LogP contribution is 2.20. The van der Waals surface area contributed by atoms with Crippen molar-refractivity contribution in [1.29, 1.82) is 0 Å². The lowest BCUT2D eigenvalue weighted by atomic mass is 10.1. The van der Waals surface area contributed by atoms with Gasteiger partial charge in [-0.25, -0.2) is 0 Å². The number of rotatable bonds is 4. The molecular weight excluding hydrogens is 251 g/mol. The van der Waals surface area contributed by atoms with Gasteiger partial charge < -0.3 is 10.4 Å². The van der Waals surface area contributed by atoms with Crippen molar-refractivity contribution in [3.63, 3.8) is 0 Å².